The highest BCUT2D eigenvalue weighted by Crippen LogP contribution is 2.31. The summed E-state index contributed by atoms with van der Waals surface area (Å²) in [7, 11) is 1.74. The molecule has 1 heterocycles. The topological polar surface area (TPSA) is 34.4 Å². The van der Waals surface area contributed by atoms with Gasteiger partial charge < -0.3 is 14.5 Å². The van der Waals surface area contributed by atoms with Crippen LogP contribution in [0.1, 0.15) is 37.9 Å². The summed E-state index contributed by atoms with van der Waals surface area (Å²) in [5.74, 6) is 1.63. The number of hydrogen-bond donors (Lipinski definition) is 1. The predicted octanol–water partition coefficient (Wildman–Crippen LogP) is 4.24. The number of rotatable bonds is 7. The molecule has 0 spiro atoms. The van der Waals surface area contributed by atoms with Gasteiger partial charge in [0.25, 0.3) is 0 Å². The smallest absolute Gasteiger partial charge is 0.169 e. The molecule has 1 aliphatic carbocycles. The fourth-order valence-corrected chi connectivity index (χ4v) is 3.10. The van der Waals surface area contributed by atoms with Gasteiger partial charge in [-0.15, -0.1) is 0 Å². The molecule has 1 aliphatic rings. The van der Waals surface area contributed by atoms with Gasteiger partial charge in [-0.25, -0.2) is 0 Å². The number of nitrogens with one attached hydrogen (secondary N) is 1. The highest BCUT2D eigenvalue weighted by atomic mass is 79.9. The Hall–Kier alpha value is -0.580. The largest absolute Gasteiger partial charge is 0.450 e. The van der Waals surface area contributed by atoms with E-state index in [1.807, 2.05) is 12.1 Å². The van der Waals surface area contributed by atoms with E-state index in [2.05, 4.69) is 27.3 Å². The maximum absolute atomic E-state index is 5.62. The van der Waals surface area contributed by atoms with Crippen molar-refractivity contribution in [1.82, 2.24) is 5.32 Å². The van der Waals surface area contributed by atoms with Gasteiger partial charge in [0.2, 0.25) is 0 Å². The molecule has 112 valence electrons. The van der Waals surface area contributed by atoms with Crippen molar-refractivity contribution in [3.05, 3.63) is 28.1 Å². The monoisotopic (exact) mass is 341 g/mol. The molecule has 20 heavy (non-hydrogen) atoms. The zero-order valence-electron chi connectivity index (χ0n) is 12.2. The molecule has 4 heteroatoms. The van der Waals surface area contributed by atoms with Crippen LogP contribution in [0.5, 0.6) is 0 Å². The van der Waals surface area contributed by atoms with E-state index in [0.29, 0.717) is 5.92 Å². The molecule has 1 fully saturated rings. The van der Waals surface area contributed by atoms with Crippen LogP contribution < -0.4 is 5.32 Å². The maximum atomic E-state index is 5.62. The molecule has 1 aromatic heterocycles. The van der Waals surface area contributed by atoms with Crippen LogP contribution in [0.2, 0.25) is 0 Å². The summed E-state index contributed by atoms with van der Waals surface area (Å²) in [6, 6.07) is 3.96. The molecule has 0 atom stereocenters. The molecule has 0 bridgehead atoms. The number of ether oxygens (including phenoxy) is 1. The first kappa shape index (κ1) is 15.8. The van der Waals surface area contributed by atoms with Gasteiger partial charge in [-0.2, -0.15) is 0 Å². The molecule has 1 saturated carbocycles. The molecule has 0 aromatic carbocycles. The minimum Gasteiger partial charge on any atom is -0.450 e. The lowest BCUT2D eigenvalue weighted by Gasteiger charge is -2.24. The van der Waals surface area contributed by atoms with Gasteiger partial charge in [-0.3, -0.25) is 0 Å². The number of hydrogen-bond acceptors (Lipinski definition) is 3. The lowest BCUT2D eigenvalue weighted by atomic mass is 9.83. The SMILES string of the molecule is COCCNC/C(=C/c1ccc(Br)o1)C1CCCCC1. The summed E-state index contributed by atoms with van der Waals surface area (Å²) < 4.78 is 11.5. The summed E-state index contributed by atoms with van der Waals surface area (Å²) in [6.07, 6.45) is 8.90. The second-order valence-electron chi connectivity index (χ2n) is 5.37. The first-order valence-electron chi connectivity index (χ1n) is 7.45. The standard InChI is InChI=1S/C16H24BrNO2/c1-19-10-9-18-12-14(13-5-3-2-4-6-13)11-15-7-8-16(17)20-15/h7-8,11,13,18H,2-6,9-10,12H2,1H3/b14-11-. The second kappa shape index (κ2) is 8.65. The summed E-state index contributed by atoms with van der Waals surface area (Å²) >= 11 is 3.36. The first-order chi connectivity index (χ1) is 9.79. The number of methoxy groups -OCH3 is 1. The highest BCUT2D eigenvalue weighted by Gasteiger charge is 2.18. The van der Waals surface area contributed by atoms with Gasteiger partial charge in [0.1, 0.15) is 5.76 Å². The normalized spacial score (nSPS) is 17.6. The molecular weight excluding hydrogens is 318 g/mol. The lowest BCUT2D eigenvalue weighted by Crippen LogP contribution is -2.25. The molecule has 0 unspecified atom stereocenters. The lowest BCUT2D eigenvalue weighted by molar-refractivity contribution is 0.200. The van der Waals surface area contributed by atoms with Gasteiger partial charge in [-0.1, -0.05) is 19.3 Å². The minimum absolute atomic E-state index is 0.697. The Morgan fingerprint density at radius 2 is 2.20 bits per heavy atom. The van der Waals surface area contributed by atoms with Gasteiger partial charge in [0.15, 0.2) is 4.67 Å². The van der Waals surface area contributed by atoms with E-state index in [0.717, 1.165) is 30.1 Å². The van der Waals surface area contributed by atoms with E-state index in [-0.39, 0.29) is 0 Å². The van der Waals surface area contributed by atoms with Gasteiger partial charge in [0.05, 0.1) is 6.61 Å². The van der Waals surface area contributed by atoms with E-state index < -0.39 is 0 Å². The Morgan fingerprint density at radius 1 is 1.40 bits per heavy atom. The van der Waals surface area contributed by atoms with Crippen LogP contribution in [-0.2, 0) is 4.74 Å². The summed E-state index contributed by atoms with van der Waals surface area (Å²) in [6.45, 7) is 2.57. The van der Waals surface area contributed by atoms with E-state index in [9.17, 15) is 0 Å². The number of halogens is 1. The van der Waals surface area contributed by atoms with Crippen molar-refractivity contribution < 1.29 is 9.15 Å². The fourth-order valence-electron chi connectivity index (χ4n) is 2.78. The molecule has 0 saturated heterocycles. The van der Waals surface area contributed by atoms with Crippen LogP contribution in [0.25, 0.3) is 6.08 Å². The van der Waals surface area contributed by atoms with Crippen molar-refractivity contribution in [1.29, 1.82) is 0 Å². The Bertz CT molecular complexity index is 422. The quantitative estimate of drug-likeness (QED) is 0.753. The summed E-state index contributed by atoms with van der Waals surface area (Å²) in [4.78, 5) is 0. The Labute approximate surface area is 129 Å². The van der Waals surface area contributed by atoms with E-state index in [4.69, 9.17) is 9.15 Å². The van der Waals surface area contributed by atoms with Crippen LogP contribution in [0.3, 0.4) is 0 Å². The second-order valence-corrected chi connectivity index (χ2v) is 6.15. The molecule has 0 aliphatic heterocycles. The Balaban J connectivity index is 2.00. The zero-order valence-corrected chi connectivity index (χ0v) is 13.7. The summed E-state index contributed by atoms with van der Waals surface area (Å²) in [5, 5.41) is 3.46. The van der Waals surface area contributed by atoms with Gasteiger partial charge >= 0.3 is 0 Å². The van der Waals surface area contributed by atoms with E-state index >= 15 is 0 Å². The third-order valence-corrected chi connectivity index (χ3v) is 4.29. The first-order valence-corrected chi connectivity index (χ1v) is 8.24. The Kier molecular flexibility index (Phi) is 6.83. The van der Waals surface area contributed by atoms with Crippen LogP contribution in [0, 0.1) is 5.92 Å². The van der Waals surface area contributed by atoms with Gasteiger partial charge in [0, 0.05) is 20.2 Å². The van der Waals surface area contributed by atoms with Crippen molar-refractivity contribution in [2.24, 2.45) is 5.92 Å². The average Bonchev–Trinajstić information content (AvgIpc) is 2.88. The molecule has 0 radical (unpaired) electrons. The fraction of sp³-hybridized carbons (Fsp3) is 0.625. The van der Waals surface area contributed by atoms with E-state index in [1.54, 1.807) is 7.11 Å². The van der Waals surface area contributed by atoms with E-state index in [1.165, 1.54) is 37.7 Å². The third kappa shape index (κ3) is 5.08. The predicted molar refractivity (Wildman–Crippen MR) is 85.7 cm³/mol. The number of furan rings is 1. The molecule has 0 amide bonds. The van der Waals surface area contributed by atoms with Crippen LogP contribution >= 0.6 is 15.9 Å². The molecule has 1 aromatic rings. The van der Waals surface area contributed by atoms with Crippen molar-refractivity contribution in [2.75, 3.05) is 26.8 Å². The van der Waals surface area contributed by atoms with Gasteiger partial charge in [-0.05, 0) is 58.5 Å². The highest BCUT2D eigenvalue weighted by molar-refractivity contribution is 9.10. The summed E-state index contributed by atoms with van der Waals surface area (Å²) in [5.41, 5.74) is 1.46. The average molecular weight is 342 g/mol. The van der Waals surface area contributed by atoms with Crippen LogP contribution in [0.15, 0.2) is 26.8 Å². The maximum Gasteiger partial charge on any atom is 0.169 e. The van der Waals surface area contributed by atoms with Crippen molar-refractivity contribution in [3.8, 4) is 0 Å². The molecular formula is C16H24BrNO2. The Morgan fingerprint density at radius 3 is 2.85 bits per heavy atom. The molecule has 1 N–H and O–H groups in total. The minimum atomic E-state index is 0.697. The van der Waals surface area contributed by atoms with Crippen molar-refractivity contribution in [3.63, 3.8) is 0 Å². The molecule has 2 rings (SSSR count). The van der Waals surface area contributed by atoms with Crippen LogP contribution in [-0.4, -0.2) is 26.8 Å². The zero-order chi connectivity index (χ0) is 14.2. The molecule has 3 nitrogen and oxygen atoms in total. The third-order valence-electron chi connectivity index (χ3n) is 3.86. The van der Waals surface area contributed by atoms with Crippen molar-refractivity contribution in [2.45, 2.75) is 32.1 Å². The van der Waals surface area contributed by atoms with Crippen LogP contribution in [0.4, 0.5) is 0 Å². The van der Waals surface area contributed by atoms with Crippen molar-refractivity contribution >= 4 is 22.0 Å².